The molecule has 0 aliphatic rings. The molecule has 32 heavy (non-hydrogen) atoms. The van der Waals surface area contributed by atoms with Gasteiger partial charge < -0.3 is 15.0 Å². The Hall–Kier alpha value is -3.64. The number of ether oxygens (including phenoxy) is 1. The molecule has 1 heterocycles. The monoisotopic (exact) mass is 450 g/mol. The van der Waals surface area contributed by atoms with E-state index in [2.05, 4.69) is 10.3 Å². The molecule has 0 spiro atoms. The molecule has 0 amide bonds. The van der Waals surface area contributed by atoms with Gasteiger partial charge in [-0.3, -0.25) is 9.59 Å². The average Bonchev–Trinajstić information content (AvgIpc) is 2.77. The molecule has 1 aromatic heterocycles. The summed E-state index contributed by atoms with van der Waals surface area (Å²) >= 11 is 5.94. The largest absolute Gasteiger partial charge is 0.488 e. The fraction of sp³-hybridized carbons (Fsp3) is 0.120. The van der Waals surface area contributed by atoms with Gasteiger partial charge in [0.15, 0.2) is 11.6 Å². The average molecular weight is 451 g/mol. The minimum atomic E-state index is -0.539. The van der Waals surface area contributed by atoms with Crippen LogP contribution in [-0.2, 0) is 0 Å². The zero-order valence-corrected chi connectivity index (χ0v) is 18.2. The smallest absolute Gasteiger partial charge is 0.256 e. The Balaban J connectivity index is 1.84. The molecule has 0 saturated carbocycles. The number of fused-ring (bicyclic) bond motifs is 1. The number of H-pyrrole nitrogens is 1. The first-order valence-corrected chi connectivity index (χ1v) is 10.4. The summed E-state index contributed by atoms with van der Waals surface area (Å²) in [6.45, 7) is 3.62. The predicted octanol–water partition coefficient (Wildman–Crippen LogP) is 6.08. The highest BCUT2D eigenvalue weighted by Gasteiger charge is 2.20. The lowest BCUT2D eigenvalue weighted by atomic mass is 10.0. The molecule has 0 radical (unpaired) electrons. The van der Waals surface area contributed by atoms with Crippen LogP contribution in [-0.4, -0.2) is 16.9 Å². The van der Waals surface area contributed by atoms with Crippen molar-refractivity contribution in [2.75, 3.05) is 5.32 Å². The molecule has 0 bridgehead atoms. The lowest BCUT2D eigenvalue weighted by Crippen LogP contribution is -2.17. The van der Waals surface area contributed by atoms with E-state index in [-0.39, 0.29) is 17.5 Å². The summed E-state index contributed by atoms with van der Waals surface area (Å²) in [7, 11) is 0. The Kier molecular flexibility index (Phi) is 5.97. The number of carbonyl (C=O) groups excluding carboxylic acids is 1. The van der Waals surface area contributed by atoms with Crippen molar-refractivity contribution in [2.45, 2.75) is 20.0 Å². The maximum absolute atomic E-state index is 14.6. The Morgan fingerprint density at radius 2 is 1.72 bits per heavy atom. The summed E-state index contributed by atoms with van der Waals surface area (Å²) in [4.78, 5) is 28.6. The number of pyridine rings is 1. The van der Waals surface area contributed by atoms with Crippen LogP contribution in [0.4, 0.5) is 15.8 Å². The van der Waals surface area contributed by atoms with Crippen LogP contribution < -0.4 is 15.6 Å². The number of ketones is 1. The first-order valence-electron chi connectivity index (χ1n) is 10.0. The van der Waals surface area contributed by atoms with E-state index in [0.717, 1.165) is 0 Å². The van der Waals surface area contributed by atoms with E-state index in [9.17, 15) is 14.0 Å². The van der Waals surface area contributed by atoms with Crippen LogP contribution >= 0.6 is 11.6 Å². The third kappa shape index (κ3) is 4.36. The van der Waals surface area contributed by atoms with Crippen molar-refractivity contribution in [1.82, 2.24) is 4.98 Å². The number of nitrogens with one attached hydrogen (secondary N) is 2. The van der Waals surface area contributed by atoms with Crippen LogP contribution in [0.25, 0.3) is 10.8 Å². The van der Waals surface area contributed by atoms with E-state index in [4.69, 9.17) is 16.3 Å². The molecular weight excluding hydrogens is 431 g/mol. The number of anilines is 2. The van der Waals surface area contributed by atoms with Gasteiger partial charge in [-0.1, -0.05) is 29.8 Å². The number of halogens is 2. The van der Waals surface area contributed by atoms with Gasteiger partial charge in [0.25, 0.3) is 5.56 Å². The van der Waals surface area contributed by atoms with Gasteiger partial charge in [0.2, 0.25) is 5.78 Å². The molecule has 0 unspecified atom stereocenters. The first-order chi connectivity index (χ1) is 15.3. The van der Waals surface area contributed by atoms with E-state index in [1.807, 2.05) is 13.8 Å². The predicted molar refractivity (Wildman–Crippen MR) is 125 cm³/mol. The second-order valence-electron chi connectivity index (χ2n) is 7.52. The highest BCUT2D eigenvalue weighted by Crippen LogP contribution is 2.31. The minimum Gasteiger partial charge on any atom is -0.488 e. The second kappa shape index (κ2) is 8.85. The standard InChI is InChI=1S/C25H20ClFN2O3/c1-14(2)32-21-12-11-17(13-20(21)27)28-22-18-5-3-4-6-19(18)25(31)29-23(22)24(30)15-7-9-16(26)10-8-15/h3-14,28H,1-2H3,(H,29,31). The zero-order chi connectivity index (χ0) is 22.8. The number of rotatable bonds is 6. The Labute approximate surface area is 188 Å². The van der Waals surface area contributed by atoms with Crippen molar-refractivity contribution >= 4 is 39.5 Å². The Bertz CT molecular complexity index is 1360. The number of hydrogen-bond donors (Lipinski definition) is 2. The third-order valence-electron chi connectivity index (χ3n) is 4.83. The minimum absolute atomic E-state index is 0.0685. The zero-order valence-electron chi connectivity index (χ0n) is 17.4. The van der Waals surface area contributed by atoms with Crippen LogP contribution in [0, 0.1) is 5.82 Å². The SMILES string of the molecule is CC(C)Oc1ccc(Nc2c(C(=O)c3ccc(Cl)cc3)[nH]c(=O)c3ccccc23)cc1F. The highest BCUT2D eigenvalue weighted by atomic mass is 35.5. The molecule has 4 rings (SSSR count). The van der Waals surface area contributed by atoms with Gasteiger partial charge in [-0.15, -0.1) is 0 Å². The first kappa shape index (κ1) is 21.6. The lowest BCUT2D eigenvalue weighted by Gasteiger charge is -2.16. The van der Waals surface area contributed by atoms with Crippen molar-refractivity contribution in [3.8, 4) is 5.75 Å². The molecule has 162 valence electrons. The molecule has 0 aliphatic heterocycles. The molecule has 2 N–H and O–H groups in total. The summed E-state index contributed by atoms with van der Waals surface area (Å²) in [6, 6.07) is 17.7. The highest BCUT2D eigenvalue weighted by molar-refractivity contribution is 6.30. The van der Waals surface area contributed by atoms with E-state index in [1.165, 1.54) is 12.1 Å². The van der Waals surface area contributed by atoms with E-state index in [0.29, 0.717) is 32.7 Å². The molecule has 0 aliphatic carbocycles. The van der Waals surface area contributed by atoms with Gasteiger partial charge in [0, 0.05) is 33.1 Å². The molecule has 0 fully saturated rings. The molecular formula is C25H20ClFN2O3. The van der Waals surface area contributed by atoms with Crippen molar-refractivity contribution in [2.24, 2.45) is 0 Å². The second-order valence-corrected chi connectivity index (χ2v) is 7.96. The third-order valence-corrected chi connectivity index (χ3v) is 5.08. The van der Waals surface area contributed by atoms with Crippen molar-refractivity contribution in [3.05, 3.63) is 99.2 Å². The summed E-state index contributed by atoms with van der Waals surface area (Å²) in [6.07, 6.45) is -0.171. The molecule has 0 atom stereocenters. The molecule has 3 aromatic carbocycles. The number of hydrogen-bond acceptors (Lipinski definition) is 4. The van der Waals surface area contributed by atoms with Crippen molar-refractivity contribution < 1.29 is 13.9 Å². The molecule has 0 saturated heterocycles. The number of carbonyl (C=O) groups is 1. The van der Waals surface area contributed by atoms with Crippen LogP contribution in [0.1, 0.15) is 29.9 Å². The summed E-state index contributed by atoms with van der Waals surface area (Å²) in [5, 5.41) is 4.55. The number of aromatic nitrogens is 1. The Morgan fingerprint density at radius 3 is 2.38 bits per heavy atom. The van der Waals surface area contributed by atoms with Gasteiger partial charge >= 0.3 is 0 Å². The van der Waals surface area contributed by atoms with E-state index in [1.54, 1.807) is 54.6 Å². The van der Waals surface area contributed by atoms with Crippen molar-refractivity contribution in [1.29, 1.82) is 0 Å². The van der Waals surface area contributed by atoms with Crippen molar-refractivity contribution in [3.63, 3.8) is 0 Å². The van der Waals surface area contributed by atoms with E-state index < -0.39 is 17.2 Å². The van der Waals surface area contributed by atoms with Gasteiger partial charge in [-0.25, -0.2) is 4.39 Å². The number of benzene rings is 3. The molecule has 5 nitrogen and oxygen atoms in total. The molecule has 7 heteroatoms. The number of aromatic amines is 1. The summed E-state index contributed by atoms with van der Waals surface area (Å²) < 4.78 is 20.0. The Morgan fingerprint density at radius 1 is 1.03 bits per heavy atom. The van der Waals surface area contributed by atoms with Gasteiger partial charge in [-0.05, 0) is 56.3 Å². The van der Waals surface area contributed by atoms with Gasteiger partial charge in [-0.2, -0.15) is 0 Å². The normalized spacial score (nSPS) is 11.0. The maximum atomic E-state index is 14.6. The summed E-state index contributed by atoms with van der Waals surface area (Å²) in [5.41, 5.74) is 0.808. The van der Waals surface area contributed by atoms with Crippen LogP contribution in [0.2, 0.25) is 5.02 Å². The van der Waals surface area contributed by atoms with Crippen LogP contribution in [0.15, 0.2) is 71.5 Å². The van der Waals surface area contributed by atoms with Gasteiger partial charge in [0.1, 0.15) is 5.69 Å². The van der Waals surface area contributed by atoms with Crippen LogP contribution in [0.5, 0.6) is 5.75 Å². The topological polar surface area (TPSA) is 71.2 Å². The van der Waals surface area contributed by atoms with Crippen LogP contribution in [0.3, 0.4) is 0 Å². The van der Waals surface area contributed by atoms with E-state index >= 15 is 0 Å². The quantitative estimate of drug-likeness (QED) is 0.349. The fourth-order valence-corrected chi connectivity index (χ4v) is 3.52. The van der Waals surface area contributed by atoms with Gasteiger partial charge in [0.05, 0.1) is 11.8 Å². The molecule has 4 aromatic rings. The lowest BCUT2D eigenvalue weighted by molar-refractivity contribution is 0.103. The summed E-state index contributed by atoms with van der Waals surface area (Å²) in [5.74, 6) is -0.801. The maximum Gasteiger partial charge on any atom is 0.256 e. The fourth-order valence-electron chi connectivity index (χ4n) is 3.40.